The Balaban J connectivity index is 0.00000128. The van der Waals surface area contributed by atoms with Gasteiger partial charge in [0.15, 0.2) is 5.12 Å². The van der Waals surface area contributed by atoms with E-state index in [1.807, 2.05) is 12.1 Å². The Labute approximate surface area is 106 Å². The van der Waals surface area contributed by atoms with E-state index in [1.165, 1.54) is 11.8 Å². The number of rotatable bonds is 3. The number of halogens is 1. The molecule has 1 N–H and O–H groups in total. The molecule has 1 saturated heterocycles. The predicted octanol–water partition coefficient (Wildman–Crippen LogP) is 2.28. The van der Waals surface area contributed by atoms with Gasteiger partial charge in [0.05, 0.1) is 6.26 Å². The Morgan fingerprint density at radius 3 is 3.06 bits per heavy atom. The van der Waals surface area contributed by atoms with Gasteiger partial charge in [0.1, 0.15) is 5.76 Å². The van der Waals surface area contributed by atoms with Crippen LogP contribution in [0, 0.1) is 5.92 Å². The Morgan fingerprint density at radius 1 is 1.62 bits per heavy atom. The third-order valence-electron chi connectivity index (χ3n) is 2.75. The second-order valence-electron chi connectivity index (χ2n) is 3.84. The van der Waals surface area contributed by atoms with Crippen molar-refractivity contribution < 1.29 is 9.21 Å². The molecule has 1 aromatic rings. The lowest BCUT2D eigenvalue weighted by Gasteiger charge is -2.14. The third kappa shape index (κ3) is 3.27. The van der Waals surface area contributed by atoms with Gasteiger partial charge >= 0.3 is 0 Å². The molecular weight excluding hydrogens is 246 g/mol. The highest BCUT2D eigenvalue weighted by Crippen LogP contribution is 2.30. The van der Waals surface area contributed by atoms with Crippen LogP contribution in [-0.4, -0.2) is 24.0 Å². The van der Waals surface area contributed by atoms with Crippen molar-refractivity contribution in [2.75, 3.05) is 18.8 Å². The minimum absolute atomic E-state index is 0. The second-order valence-corrected chi connectivity index (χ2v) is 5.04. The molecule has 3 nitrogen and oxygen atoms in total. The second kappa shape index (κ2) is 6.33. The Bertz CT molecular complexity index is 329. The summed E-state index contributed by atoms with van der Waals surface area (Å²) in [6, 6.07) is 3.94. The molecule has 1 aliphatic heterocycles. The highest BCUT2D eigenvalue weighted by atomic mass is 35.5. The van der Waals surface area contributed by atoms with Crippen molar-refractivity contribution in [3.05, 3.63) is 24.2 Å². The van der Waals surface area contributed by atoms with Gasteiger partial charge in [0.2, 0.25) is 0 Å². The van der Waals surface area contributed by atoms with Crippen molar-refractivity contribution in [1.29, 1.82) is 0 Å². The molecule has 0 aliphatic carbocycles. The van der Waals surface area contributed by atoms with Crippen LogP contribution in [-0.2, 0) is 4.79 Å². The fraction of sp³-hybridized carbons (Fsp3) is 0.545. The first-order valence-corrected chi connectivity index (χ1v) is 6.13. The smallest absolute Gasteiger partial charge is 0.185 e. The predicted molar refractivity (Wildman–Crippen MR) is 68.2 cm³/mol. The summed E-state index contributed by atoms with van der Waals surface area (Å²) in [5.74, 6) is 2.85. The molecule has 2 unspecified atom stereocenters. The van der Waals surface area contributed by atoms with E-state index in [0.717, 1.165) is 24.6 Å². The number of carbonyl (C=O) groups is 1. The Hall–Kier alpha value is -0.450. The first kappa shape index (κ1) is 13.6. The van der Waals surface area contributed by atoms with E-state index in [1.54, 1.807) is 13.2 Å². The SMILES string of the molecule is CC(=O)SCC1CNCC1c1ccco1.Cl. The number of thioether (sulfide) groups is 1. The molecule has 0 radical (unpaired) electrons. The van der Waals surface area contributed by atoms with Crippen LogP contribution in [0.1, 0.15) is 18.6 Å². The summed E-state index contributed by atoms with van der Waals surface area (Å²) in [5.41, 5.74) is 0. The van der Waals surface area contributed by atoms with Crippen LogP contribution < -0.4 is 5.32 Å². The normalized spacial score (nSPS) is 24.1. The maximum absolute atomic E-state index is 10.9. The van der Waals surface area contributed by atoms with Gasteiger partial charge in [-0.3, -0.25) is 4.79 Å². The topological polar surface area (TPSA) is 42.2 Å². The number of hydrogen-bond acceptors (Lipinski definition) is 4. The van der Waals surface area contributed by atoms with E-state index < -0.39 is 0 Å². The van der Waals surface area contributed by atoms with E-state index in [4.69, 9.17) is 4.42 Å². The van der Waals surface area contributed by atoms with Gasteiger partial charge < -0.3 is 9.73 Å². The summed E-state index contributed by atoms with van der Waals surface area (Å²) in [6.07, 6.45) is 1.71. The van der Waals surface area contributed by atoms with E-state index in [0.29, 0.717) is 11.8 Å². The number of furan rings is 1. The van der Waals surface area contributed by atoms with Crippen LogP contribution in [0.2, 0.25) is 0 Å². The van der Waals surface area contributed by atoms with Gasteiger partial charge in [-0.2, -0.15) is 0 Å². The van der Waals surface area contributed by atoms with Crippen molar-refractivity contribution in [3.8, 4) is 0 Å². The zero-order chi connectivity index (χ0) is 10.7. The molecule has 0 amide bonds. The van der Waals surface area contributed by atoms with E-state index in [-0.39, 0.29) is 17.5 Å². The maximum Gasteiger partial charge on any atom is 0.185 e. The van der Waals surface area contributed by atoms with Gasteiger partial charge in [-0.1, -0.05) is 11.8 Å². The summed E-state index contributed by atoms with van der Waals surface area (Å²) in [7, 11) is 0. The van der Waals surface area contributed by atoms with Crippen molar-refractivity contribution in [2.24, 2.45) is 5.92 Å². The molecule has 2 heterocycles. The van der Waals surface area contributed by atoms with Crippen LogP contribution in [0.4, 0.5) is 0 Å². The van der Waals surface area contributed by atoms with Crippen molar-refractivity contribution in [1.82, 2.24) is 5.32 Å². The molecule has 1 aromatic heterocycles. The lowest BCUT2D eigenvalue weighted by atomic mass is 9.95. The van der Waals surface area contributed by atoms with Crippen LogP contribution in [0.3, 0.4) is 0 Å². The van der Waals surface area contributed by atoms with Crippen molar-refractivity contribution in [3.63, 3.8) is 0 Å². The van der Waals surface area contributed by atoms with Gasteiger partial charge in [-0.25, -0.2) is 0 Å². The minimum Gasteiger partial charge on any atom is -0.469 e. The number of carbonyl (C=O) groups excluding carboxylic acids is 1. The van der Waals surface area contributed by atoms with Gasteiger partial charge in [0.25, 0.3) is 0 Å². The van der Waals surface area contributed by atoms with Crippen molar-refractivity contribution >= 4 is 29.3 Å². The molecule has 5 heteroatoms. The molecule has 2 rings (SSSR count). The molecule has 0 aromatic carbocycles. The van der Waals surface area contributed by atoms with Crippen LogP contribution in [0.25, 0.3) is 0 Å². The molecule has 0 bridgehead atoms. The molecule has 2 atom stereocenters. The molecule has 0 spiro atoms. The minimum atomic E-state index is 0. The largest absolute Gasteiger partial charge is 0.469 e. The van der Waals surface area contributed by atoms with Crippen LogP contribution in [0.5, 0.6) is 0 Å². The highest BCUT2D eigenvalue weighted by Gasteiger charge is 2.30. The monoisotopic (exact) mass is 261 g/mol. The summed E-state index contributed by atoms with van der Waals surface area (Å²) >= 11 is 1.41. The first-order chi connectivity index (χ1) is 7.27. The average Bonchev–Trinajstić information content (AvgIpc) is 2.85. The number of hydrogen-bond donors (Lipinski definition) is 1. The number of nitrogens with one attached hydrogen (secondary N) is 1. The zero-order valence-corrected chi connectivity index (χ0v) is 10.8. The molecule has 1 aliphatic rings. The summed E-state index contributed by atoms with van der Waals surface area (Å²) in [4.78, 5) is 10.9. The molecule has 16 heavy (non-hydrogen) atoms. The maximum atomic E-state index is 10.9. The van der Waals surface area contributed by atoms with E-state index in [2.05, 4.69) is 5.32 Å². The lowest BCUT2D eigenvalue weighted by Crippen LogP contribution is -2.13. The van der Waals surface area contributed by atoms with Crippen LogP contribution in [0.15, 0.2) is 22.8 Å². The first-order valence-electron chi connectivity index (χ1n) is 5.15. The van der Waals surface area contributed by atoms with Gasteiger partial charge in [-0.15, -0.1) is 12.4 Å². The summed E-state index contributed by atoms with van der Waals surface area (Å²) in [6.45, 7) is 3.55. The molecule has 90 valence electrons. The quantitative estimate of drug-likeness (QED) is 0.907. The Kier molecular flexibility index (Phi) is 5.38. The van der Waals surface area contributed by atoms with Gasteiger partial charge in [0, 0.05) is 25.1 Å². The molecule has 1 fully saturated rings. The Morgan fingerprint density at radius 2 is 2.44 bits per heavy atom. The van der Waals surface area contributed by atoms with Crippen molar-refractivity contribution in [2.45, 2.75) is 12.8 Å². The standard InChI is InChI=1S/C11H15NO2S.ClH/c1-8(13)15-7-9-5-12-6-10(9)11-3-2-4-14-11;/h2-4,9-10,12H,5-7H2,1H3;1H. The van der Waals surface area contributed by atoms with E-state index in [9.17, 15) is 4.79 Å². The van der Waals surface area contributed by atoms with Gasteiger partial charge in [-0.05, 0) is 24.6 Å². The summed E-state index contributed by atoms with van der Waals surface area (Å²) in [5, 5.41) is 3.54. The third-order valence-corrected chi connectivity index (χ3v) is 3.75. The zero-order valence-electron chi connectivity index (χ0n) is 9.14. The highest BCUT2D eigenvalue weighted by molar-refractivity contribution is 8.13. The molecule has 0 saturated carbocycles. The lowest BCUT2D eigenvalue weighted by molar-refractivity contribution is -0.109. The molecular formula is C11H16ClNO2S. The fourth-order valence-electron chi connectivity index (χ4n) is 1.97. The van der Waals surface area contributed by atoms with E-state index >= 15 is 0 Å². The fourth-order valence-corrected chi connectivity index (χ4v) is 2.77. The summed E-state index contributed by atoms with van der Waals surface area (Å²) < 4.78 is 5.42. The van der Waals surface area contributed by atoms with Crippen LogP contribution >= 0.6 is 24.2 Å². The average molecular weight is 262 g/mol.